The Morgan fingerprint density at radius 1 is 1.45 bits per heavy atom. The van der Waals surface area contributed by atoms with Crippen molar-refractivity contribution >= 4 is 5.91 Å². The maximum atomic E-state index is 11.3. The molecule has 0 rings (SSSR count). The summed E-state index contributed by atoms with van der Waals surface area (Å²) in [5, 5.41) is 1.65. The molecule has 0 aliphatic heterocycles. The molecule has 0 aromatic carbocycles. The minimum absolute atomic E-state index is 0. The number of nitrogens with one attached hydrogen (secondary N) is 1. The third kappa shape index (κ3) is 9.22. The highest BCUT2D eigenvalue weighted by Crippen LogP contribution is 2.11. The summed E-state index contributed by atoms with van der Waals surface area (Å²) in [4.78, 5) is 10.2. The molecule has 68 valence electrons. The molecule has 0 unspecified atom stereocenters. The van der Waals surface area contributed by atoms with Gasteiger partial charge in [-0.3, -0.25) is 4.79 Å². The Balaban J connectivity index is 0. The predicted octanol–water partition coefficient (Wildman–Crippen LogP) is -0.643. The van der Waals surface area contributed by atoms with Crippen LogP contribution in [0.3, 0.4) is 0 Å². The SMILES string of the molecule is [CH3-].[NH3+]CC(=O)NCC(F)(F)F. The second kappa shape index (κ2) is 4.95. The van der Waals surface area contributed by atoms with E-state index in [1.165, 1.54) is 0 Å². The molecule has 0 bridgehead atoms. The number of hydrogen-bond donors (Lipinski definition) is 2. The second-order valence-electron chi connectivity index (χ2n) is 1.64. The van der Waals surface area contributed by atoms with Crippen LogP contribution >= 0.6 is 0 Å². The lowest BCUT2D eigenvalue weighted by molar-refractivity contribution is -0.355. The van der Waals surface area contributed by atoms with Gasteiger partial charge in [-0.1, -0.05) is 0 Å². The highest BCUT2D eigenvalue weighted by atomic mass is 19.4. The van der Waals surface area contributed by atoms with E-state index in [0.29, 0.717) is 0 Å². The smallest absolute Gasteiger partial charge is 0.358 e. The minimum atomic E-state index is -4.33. The topological polar surface area (TPSA) is 56.7 Å². The van der Waals surface area contributed by atoms with Crippen molar-refractivity contribution in [2.24, 2.45) is 0 Å². The third-order valence-corrected chi connectivity index (χ3v) is 0.713. The van der Waals surface area contributed by atoms with Crippen LogP contribution in [0.15, 0.2) is 0 Å². The van der Waals surface area contributed by atoms with Crippen LogP contribution in [-0.4, -0.2) is 25.2 Å². The average Bonchev–Trinajstić information content (AvgIpc) is 1.81. The summed E-state index contributed by atoms with van der Waals surface area (Å²) in [6, 6.07) is 0. The van der Waals surface area contributed by atoms with Gasteiger partial charge in [-0.15, -0.1) is 0 Å². The first-order valence-electron chi connectivity index (χ1n) is 2.58. The van der Waals surface area contributed by atoms with Crippen LogP contribution in [0.1, 0.15) is 0 Å². The number of halogens is 3. The summed E-state index contributed by atoms with van der Waals surface area (Å²) < 4.78 is 34.0. The van der Waals surface area contributed by atoms with Crippen molar-refractivity contribution in [2.75, 3.05) is 13.1 Å². The van der Waals surface area contributed by atoms with Crippen molar-refractivity contribution in [1.82, 2.24) is 5.32 Å². The molecule has 0 aliphatic rings. The van der Waals surface area contributed by atoms with Crippen molar-refractivity contribution in [1.29, 1.82) is 0 Å². The Labute approximate surface area is 62.8 Å². The summed E-state index contributed by atoms with van der Waals surface area (Å²) in [6.45, 7) is -1.45. The monoisotopic (exact) mass is 172 g/mol. The van der Waals surface area contributed by atoms with E-state index in [0.717, 1.165) is 0 Å². The molecule has 0 aromatic heterocycles. The van der Waals surface area contributed by atoms with Crippen LogP contribution in [-0.2, 0) is 4.79 Å². The largest absolute Gasteiger partial charge is 0.405 e. The zero-order valence-electron chi connectivity index (χ0n) is 6.16. The molecule has 0 atom stereocenters. The van der Waals surface area contributed by atoms with Crippen molar-refractivity contribution in [3.05, 3.63) is 7.43 Å². The van der Waals surface area contributed by atoms with Crippen molar-refractivity contribution in [3.63, 3.8) is 0 Å². The minimum Gasteiger partial charge on any atom is -0.358 e. The number of hydrogen-bond acceptors (Lipinski definition) is 1. The Morgan fingerprint density at radius 2 is 1.91 bits per heavy atom. The van der Waals surface area contributed by atoms with E-state index < -0.39 is 18.6 Å². The number of quaternary nitrogens is 1. The third-order valence-electron chi connectivity index (χ3n) is 0.713. The second-order valence-corrected chi connectivity index (χ2v) is 1.64. The fraction of sp³-hybridized carbons (Fsp3) is 0.600. The normalized spacial score (nSPS) is 10.2. The maximum absolute atomic E-state index is 11.3. The molecule has 0 saturated heterocycles. The number of alkyl halides is 3. The van der Waals surface area contributed by atoms with Gasteiger partial charge < -0.3 is 18.5 Å². The van der Waals surface area contributed by atoms with E-state index in [1.807, 2.05) is 0 Å². The van der Waals surface area contributed by atoms with Gasteiger partial charge >= 0.3 is 6.18 Å². The summed E-state index contributed by atoms with van der Waals surface area (Å²) in [5.74, 6) is -0.697. The van der Waals surface area contributed by atoms with Crippen LogP contribution in [0.4, 0.5) is 13.2 Å². The van der Waals surface area contributed by atoms with Crippen molar-refractivity contribution < 1.29 is 23.7 Å². The average molecular weight is 172 g/mol. The fourth-order valence-corrected chi connectivity index (χ4v) is 0.287. The zero-order valence-corrected chi connectivity index (χ0v) is 6.16. The van der Waals surface area contributed by atoms with E-state index in [2.05, 4.69) is 5.73 Å². The van der Waals surface area contributed by atoms with E-state index in [-0.39, 0.29) is 14.0 Å². The van der Waals surface area contributed by atoms with E-state index in [4.69, 9.17) is 0 Å². The van der Waals surface area contributed by atoms with Crippen LogP contribution in [0.2, 0.25) is 0 Å². The van der Waals surface area contributed by atoms with E-state index in [1.54, 1.807) is 5.32 Å². The zero-order chi connectivity index (χ0) is 8.20. The molecule has 1 amide bonds. The van der Waals surface area contributed by atoms with Gasteiger partial charge in [0.2, 0.25) is 0 Å². The quantitative estimate of drug-likeness (QED) is 0.535. The van der Waals surface area contributed by atoms with Crippen molar-refractivity contribution in [3.8, 4) is 0 Å². The number of carbonyl (C=O) groups excluding carboxylic acids is 1. The first kappa shape index (κ1) is 12.9. The molecule has 0 heterocycles. The molecular formula is C5H11F3N2O. The Hall–Kier alpha value is -0.780. The summed E-state index contributed by atoms with van der Waals surface area (Å²) in [6.07, 6.45) is -4.33. The van der Waals surface area contributed by atoms with Gasteiger partial charge in [0.25, 0.3) is 5.91 Å². The van der Waals surface area contributed by atoms with E-state index in [9.17, 15) is 18.0 Å². The predicted molar refractivity (Wildman–Crippen MR) is 33.2 cm³/mol. The lowest BCUT2D eigenvalue weighted by atomic mass is 10.5. The van der Waals surface area contributed by atoms with Gasteiger partial charge in [0.15, 0.2) is 6.54 Å². The number of carbonyl (C=O) groups is 1. The summed E-state index contributed by atoms with van der Waals surface area (Å²) >= 11 is 0. The molecule has 4 N–H and O–H groups in total. The molecular weight excluding hydrogens is 161 g/mol. The van der Waals surface area contributed by atoms with Gasteiger partial charge in [0, 0.05) is 0 Å². The highest BCUT2D eigenvalue weighted by Gasteiger charge is 2.27. The lowest BCUT2D eigenvalue weighted by Gasteiger charge is -2.05. The van der Waals surface area contributed by atoms with Gasteiger partial charge in [-0.05, 0) is 0 Å². The number of amides is 1. The molecule has 0 radical (unpaired) electrons. The van der Waals surface area contributed by atoms with Gasteiger partial charge in [0.05, 0.1) is 0 Å². The number of rotatable bonds is 2. The van der Waals surface area contributed by atoms with E-state index >= 15 is 0 Å². The van der Waals surface area contributed by atoms with Crippen molar-refractivity contribution in [2.45, 2.75) is 6.18 Å². The lowest BCUT2D eigenvalue weighted by Crippen LogP contribution is -2.57. The van der Waals surface area contributed by atoms with Crippen LogP contribution in [0, 0.1) is 7.43 Å². The molecule has 0 aliphatic carbocycles. The Bertz CT molecular complexity index is 123. The molecule has 0 fully saturated rings. The Kier molecular flexibility index (Phi) is 5.78. The standard InChI is InChI=1S/C4H7F3N2O.CH3/c5-4(6,7)2-9-3(10)1-8;/h1-2,8H2,(H,9,10);1H3/q;-1/p+1. The summed E-state index contributed by atoms with van der Waals surface area (Å²) in [5.41, 5.74) is 3.11. The molecule has 6 heteroatoms. The fourth-order valence-electron chi connectivity index (χ4n) is 0.287. The molecule has 11 heavy (non-hydrogen) atoms. The van der Waals surface area contributed by atoms with Crippen LogP contribution < -0.4 is 11.1 Å². The highest BCUT2D eigenvalue weighted by molar-refractivity contribution is 5.76. The molecule has 0 saturated carbocycles. The molecule has 3 nitrogen and oxygen atoms in total. The van der Waals surface area contributed by atoms with Gasteiger partial charge in [0.1, 0.15) is 6.54 Å². The van der Waals surface area contributed by atoms with Gasteiger partial charge in [-0.2, -0.15) is 13.2 Å². The first-order valence-corrected chi connectivity index (χ1v) is 2.58. The summed E-state index contributed by atoms with van der Waals surface area (Å²) in [7, 11) is 0. The maximum Gasteiger partial charge on any atom is 0.405 e. The van der Waals surface area contributed by atoms with Crippen LogP contribution in [0.5, 0.6) is 0 Å². The van der Waals surface area contributed by atoms with Gasteiger partial charge in [-0.25, -0.2) is 0 Å². The Morgan fingerprint density at radius 3 is 2.18 bits per heavy atom. The molecule has 0 aromatic rings. The van der Waals surface area contributed by atoms with Crippen LogP contribution in [0.25, 0.3) is 0 Å². The molecule has 0 spiro atoms. The first-order chi connectivity index (χ1) is 4.45.